The molecule has 0 radical (unpaired) electrons. The van der Waals surface area contributed by atoms with Crippen molar-refractivity contribution < 1.29 is 42.3 Å². The van der Waals surface area contributed by atoms with Gasteiger partial charge in [0.25, 0.3) is 0 Å². The summed E-state index contributed by atoms with van der Waals surface area (Å²) in [5.74, 6) is 0. The first-order valence-electron chi connectivity index (χ1n) is 1.56. The molecule has 120 valence electrons. The van der Waals surface area contributed by atoms with E-state index >= 15 is 0 Å². The second-order valence-electron chi connectivity index (χ2n) is 0.167. The van der Waals surface area contributed by atoms with E-state index in [0.717, 1.165) is 0 Å². The molecule has 19 heavy (non-hydrogen) atoms. The quantitative estimate of drug-likeness (QED) is 0.400. The van der Waals surface area contributed by atoms with Gasteiger partial charge in [-0.25, -0.2) is 0 Å². The number of hydrogen-bond donors (Lipinski definition) is 0. The van der Waals surface area contributed by atoms with Crippen LogP contribution in [0.1, 0.15) is 17.7 Å². The second-order valence-corrected chi connectivity index (χ2v) is 0.167. The van der Waals surface area contributed by atoms with Crippen LogP contribution < -0.4 is 0 Å². The maximum atomic E-state index is 8.12. The van der Waals surface area contributed by atoms with Gasteiger partial charge in [-0.3, -0.25) is 0 Å². The van der Waals surface area contributed by atoms with Gasteiger partial charge in [-0.15, -0.1) is 0 Å². The van der Waals surface area contributed by atoms with Crippen LogP contribution in [0.25, 0.3) is 0 Å². The Bertz CT molecular complexity index is 155. The summed E-state index contributed by atoms with van der Waals surface area (Å²) in [5, 5.41) is 0. The molecule has 0 rings (SSSR count). The monoisotopic (exact) mass is 314 g/mol. The van der Waals surface area contributed by atoms with E-state index in [2.05, 4.69) is 13.3 Å². The van der Waals surface area contributed by atoms with Crippen molar-refractivity contribution in [3.05, 3.63) is 33.2 Å². The fourth-order valence-corrected chi connectivity index (χ4v) is 0. The van der Waals surface area contributed by atoms with Crippen LogP contribution in [-0.4, -0.2) is 23.3 Å². The molecule has 0 heterocycles. The molecule has 0 bridgehead atoms. The summed E-state index contributed by atoms with van der Waals surface area (Å²) in [6.45, 7) is 9.00. The Balaban J connectivity index is -0.00000000315. The second kappa shape index (κ2) is 40400. The molecule has 0 atom stereocenters. The van der Waals surface area contributed by atoms with E-state index in [1.807, 2.05) is 0 Å². The van der Waals surface area contributed by atoms with Gasteiger partial charge in [0.05, 0.1) is 0 Å². The van der Waals surface area contributed by atoms with Crippen LogP contribution in [0.5, 0.6) is 0 Å². The minimum atomic E-state index is 0. The van der Waals surface area contributed by atoms with Crippen molar-refractivity contribution in [1.82, 2.24) is 0 Å². The summed E-state index contributed by atoms with van der Waals surface area (Å²) in [5.41, 5.74) is 0. The predicted molar refractivity (Wildman–Crippen MR) is 66.6 cm³/mol. The van der Waals surface area contributed by atoms with E-state index < -0.39 is 0 Å². The van der Waals surface area contributed by atoms with Crippen LogP contribution in [0.3, 0.4) is 0 Å². The average molecular weight is 314 g/mol. The van der Waals surface area contributed by atoms with Crippen molar-refractivity contribution in [3.63, 3.8) is 0 Å². The van der Waals surface area contributed by atoms with Gasteiger partial charge in [-0.2, -0.15) is 32.7 Å². The zero-order chi connectivity index (χ0) is 13.4. The smallest absolute Gasteiger partial charge is 0 e. The first-order chi connectivity index (χ1) is 6.83. The molecular weight excluding hydrogens is 296 g/mol. The van der Waals surface area contributed by atoms with Gasteiger partial charge >= 0.3 is 34.9 Å². The van der Waals surface area contributed by atoms with Crippen LogP contribution in [0.4, 0.5) is 0 Å². The molecule has 0 amide bonds. The van der Waals surface area contributed by atoms with Crippen LogP contribution >= 0.6 is 13.5 Å². The fraction of sp³-hybridized carbons (Fsp3) is 0.333. The standard InChI is InChI=1S/2CO2.2CO.2CH4.2O2.2H2O.H2S.2H2/c2*2-1-3;2*1-2;;;2*1-2;;;;;/h;;;;2*1H4;;;3*1H2;2*1H. The largest absolute Gasteiger partial charge is 0 e. The third kappa shape index (κ3) is 563. The van der Waals surface area contributed by atoms with E-state index in [0.29, 0.717) is 0 Å². The van der Waals surface area contributed by atoms with Gasteiger partial charge in [0, 0.05) is 22.7 Å². The van der Waals surface area contributed by atoms with Gasteiger partial charge < -0.3 is 11.0 Å². The van der Waals surface area contributed by atoms with Gasteiger partial charge in [-0.1, -0.05) is 14.9 Å². The molecule has 0 aromatic heterocycles. The summed E-state index contributed by atoms with van der Waals surface area (Å²) < 4.78 is 15.0. The summed E-state index contributed by atoms with van der Waals surface area (Å²) in [7, 11) is 0. The molecule has 0 saturated heterocycles. The SMILES string of the molecule is C.C.O.O.O=C=O.O=C=O.O=O.O=O.S.[C-]#[O+].[C-]#[O+].[HH].[HH]. The van der Waals surface area contributed by atoms with Crippen molar-refractivity contribution in [3.8, 4) is 0 Å². The zero-order valence-corrected chi connectivity index (χ0v) is 8.58. The van der Waals surface area contributed by atoms with Crippen LogP contribution in [0.2, 0.25) is 0 Å². The maximum absolute atomic E-state index is 8.12. The summed E-state index contributed by atoms with van der Waals surface area (Å²) >= 11 is 0. The van der Waals surface area contributed by atoms with Crippen molar-refractivity contribution >= 4 is 25.8 Å². The topological polar surface area (TPSA) is 239 Å². The Morgan fingerprint density at radius 2 is 0.632 bits per heavy atom. The third-order valence-corrected chi connectivity index (χ3v) is 0. The van der Waals surface area contributed by atoms with E-state index in [1.165, 1.54) is 0 Å². The normalized spacial score (nSPS) is 1.47. The van der Waals surface area contributed by atoms with Gasteiger partial charge in [-0.05, 0) is 0 Å². The molecule has 0 aliphatic rings. The molecule has 0 unspecified atom stereocenters. The van der Waals surface area contributed by atoms with Crippen molar-refractivity contribution in [2.75, 3.05) is 0 Å². The number of hydrogen-bond acceptors (Lipinski definition) is 8. The van der Waals surface area contributed by atoms with Crippen molar-refractivity contribution in [2.45, 2.75) is 14.9 Å². The molecule has 13 heteroatoms. The molecule has 0 aliphatic carbocycles. The predicted octanol–water partition coefficient (Wildman–Crippen LogP) is -0.880. The molecule has 0 aromatic rings. The van der Waals surface area contributed by atoms with E-state index in [-0.39, 0.29) is 54.5 Å². The summed E-state index contributed by atoms with van der Waals surface area (Å²) in [6, 6.07) is 0. The van der Waals surface area contributed by atoms with Gasteiger partial charge in [0.2, 0.25) is 0 Å². The Kier molecular flexibility index (Phi) is 269000. The van der Waals surface area contributed by atoms with E-state index in [4.69, 9.17) is 48.3 Å². The maximum Gasteiger partial charge on any atom is 0 e. The fourth-order valence-electron chi connectivity index (χ4n) is 0. The third-order valence-electron chi connectivity index (χ3n) is 0. The molecule has 0 fully saturated rings. The van der Waals surface area contributed by atoms with Gasteiger partial charge in [0.15, 0.2) is 0 Å². The minimum Gasteiger partial charge on any atom is 0 e. The first-order valence-corrected chi connectivity index (χ1v) is 1.56. The van der Waals surface area contributed by atoms with E-state index in [1.54, 1.807) is 0 Å². The molecular formula is C6H18O12S. The Morgan fingerprint density at radius 1 is 0.632 bits per heavy atom. The molecule has 0 aliphatic heterocycles. The molecule has 0 aromatic carbocycles. The number of rotatable bonds is 0. The minimum absolute atomic E-state index is 0. The first kappa shape index (κ1) is 126. The van der Waals surface area contributed by atoms with Crippen LogP contribution in [-0.2, 0) is 28.5 Å². The van der Waals surface area contributed by atoms with Crippen molar-refractivity contribution in [2.24, 2.45) is 0 Å². The Morgan fingerprint density at radius 3 is 0.632 bits per heavy atom. The Hall–Kier alpha value is -2.29. The molecule has 4 N–H and O–H groups in total. The van der Waals surface area contributed by atoms with Crippen LogP contribution in [0.15, 0.2) is 0 Å². The summed E-state index contributed by atoms with van der Waals surface area (Å²) in [4.78, 5) is 60.5. The van der Waals surface area contributed by atoms with E-state index in [9.17, 15) is 0 Å². The van der Waals surface area contributed by atoms with Crippen molar-refractivity contribution in [1.29, 1.82) is 0 Å². The number of carbonyl (C=O) groups excluding carboxylic acids is 4. The Labute approximate surface area is 117 Å². The summed E-state index contributed by atoms with van der Waals surface area (Å²) in [6.07, 6.45) is 0.500. The van der Waals surface area contributed by atoms with Gasteiger partial charge in [0.1, 0.15) is 0 Å². The zero-order valence-electron chi connectivity index (χ0n) is 7.58. The van der Waals surface area contributed by atoms with Crippen LogP contribution in [0, 0.1) is 33.2 Å². The molecule has 0 spiro atoms. The molecule has 0 saturated carbocycles. The average Bonchev–Trinajstić information content (AvgIpc) is 2.31. The molecule has 12 nitrogen and oxygen atoms in total.